The van der Waals surface area contributed by atoms with Gasteiger partial charge in [-0.1, -0.05) is 13.3 Å². The SMILES string of the molecule is CCCCN(CCO)Cc1nnc(-c2ccc(C#N)cc2)o1. The number of unbranched alkanes of at least 4 members (excludes halogenated alkanes) is 1. The van der Waals surface area contributed by atoms with E-state index in [1.165, 1.54) is 0 Å². The molecule has 116 valence electrons. The molecule has 6 heteroatoms. The highest BCUT2D eigenvalue weighted by Crippen LogP contribution is 2.19. The second kappa shape index (κ2) is 8.27. The number of nitriles is 1. The Hall–Kier alpha value is -2.23. The number of aliphatic hydroxyl groups is 1. The molecule has 0 aliphatic carbocycles. The topological polar surface area (TPSA) is 86.2 Å². The molecular formula is C16H20N4O2. The Morgan fingerprint density at radius 1 is 1.23 bits per heavy atom. The molecule has 1 aromatic carbocycles. The van der Waals surface area contributed by atoms with Gasteiger partial charge in [-0.2, -0.15) is 5.26 Å². The first-order valence-electron chi connectivity index (χ1n) is 7.43. The minimum absolute atomic E-state index is 0.111. The van der Waals surface area contributed by atoms with Gasteiger partial charge in [-0.25, -0.2) is 0 Å². The molecule has 0 bridgehead atoms. The van der Waals surface area contributed by atoms with Gasteiger partial charge >= 0.3 is 0 Å². The number of aliphatic hydroxyl groups excluding tert-OH is 1. The van der Waals surface area contributed by atoms with Crippen LogP contribution in [0.1, 0.15) is 31.2 Å². The van der Waals surface area contributed by atoms with E-state index in [9.17, 15) is 0 Å². The van der Waals surface area contributed by atoms with Crippen molar-refractivity contribution in [2.24, 2.45) is 0 Å². The lowest BCUT2D eigenvalue weighted by atomic mass is 10.1. The zero-order chi connectivity index (χ0) is 15.8. The average molecular weight is 300 g/mol. The normalized spacial score (nSPS) is 10.8. The Kier molecular flexibility index (Phi) is 6.07. The quantitative estimate of drug-likeness (QED) is 0.804. The summed E-state index contributed by atoms with van der Waals surface area (Å²) in [5.74, 6) is 0.975. The van der Waals surface area contributed by atoms with Crippen LogP contribution >= 0.6 is 0 Å². The van der Waals surface area contributed by atoms with Crippen LogP contribution in [0.2, 0.25) is 0 Å². The summed E-state index contributed by atoms with van der Waals surface area (Å²) in [6.07, 6.45) is 2.17. The molecule has 0 amide bonds. The molecule has 6 nitrogen and oxygen atoms in total. The molecular weight excluding hydrogens is 280 g/mol. The fourth-order valence-electron chi connectivity index (χ4n) is 2.11. The molecule has 0 unspecified atom stereocenters. The van der Waals surface area contributed by atoms with Crippen LogP contribution in [-0.2, 0) is 6.54 Å². The van der Waals surface area contributed by atoms with Gasteiger partial charge in [0.25, 0.3) is 0 Å². The van der Waals surface area contributed by atoms with Crippen molar-refractivity contribution in [1.82, 2.24) is 15.1 Å². The Bertz CT molecular complexity index is 616. The van der Waals surface area contributed by atoms with Crippen molar-refractivity contribution >= 4 is 0 Å². The molecule has 1 heterocycles. The maximum atomic E-state index is 9.11. The van der Waals surface area contributed by atoms with E-state index in [0.717, 1.165) is 24.9 Å². The first-order valence-corrected chi connectivity index (χ1v) is 7.43. The number of aromatic nitrogens is 2. The second-order valence-electron chi connectivity index (χ2n) is 5.04. The lowest BCUT2D eigenvalue weighted by Gasteiger charge is -2.18. The second-order valence-corrected chi connectivity index (χ2v) is 5.04. The van der Waals surface area contributed by atoms with Crippen LogP contribution in [0.4, 0.5) is 0 Å². The molecule has 0 spiro atoms. The van der Waals surface area contributed by atoms with Gasteiger partial charge in [-0.15, -0.1) is 10.2 Å². The molecule has 1 aromatic heterocycles. The van der Waals surface area contributed by atoms with E-state index in [-0.39, 0.29) is 6.61 Å². The van der Waals surface area contributed by atoms with Crippen molar-refractivity contribution in [2.75, 3.05) is 19.7 Å². The first-order chi connectivity index (χ1) is 10.8. The van der Waals surface area contributed by atoms with Crippen molar-refractivity contribution in [2.45, 2.75) is 26.3 Å². The van der Waals surface area contributed by atoms with Gasteiger partial charge in [0.2, 0.25) is 11.8 Å². The summed E-state index contributed by atoms with van der Waals surface area (Å²) in [4.78, 5) is 2.10. The summed E-state index contributed by atoms with van der Waals surface area (Å²) < 4.78 is 5.67. The maximum Gasteiger partial charge on any atom is 0.247 e. The molecule has 2 rings (SSSR count). The maximum absolute atomic E-state index is 9.11. The zero-order valence-corrected chi connectivity index (χ0v) is 12.7. The average Bonchev–Trinajstić information content (AvgIpc) is 3.01. The summed E-state index contributed by atoms with van der Waals surface area (Å²) in [6.45, 7) is 4.26. The smallest absolute Gasteiger partial charge is 0.247 e. The Morgan fingerprint density at radius 3 is 2.64 bits per heavy atom. The third-order valence-electron chi connectivity index (χ3n) is 3.33. The van der Waals surface area contributed by atoms with Crippen molar-refractivity contribution in [3.63, 3.8) is 0 Å². The van der Waals surface area contributed by atoms with Gasteiger partial charge in [0, 0.05) is 12.1 Å². The van der Waals surface area contributed by atoms with Crippen LogP contribution in [0, 0.1) is 11.3 Å². The van der Waals surface area contributed by atoms with Gasteiger partial charge in [-0.05, 0) is 37.2 Å². The van der Waals surface area contributed by atoms with Gasteiger partial charge in [0.05, 0.1) is 24.8 Å². The van der Waals surface area contributed by atoms with E-state index in [2.05, 4.69) is 28.1 Å². The number of hydrogen-bond acceptors (Lipinski definition) is 6. The van der Waals surface area contributed by atoms with E-state index in [1.807, 2.05) is 0 Å². The van der Waals surface area contributed by atoms with Crippen LogP contribution in [0.15, 0.2) is 28.7 Å². The van der Waals surface area contributed by atoms with Crippen LogP contribution in [0.25, 0.3) is 11.5 Å². The van der Waals surface area contributed by atoms with Gasteiger partial charge in [0.15, 0.2) is 0 Å². The number of rotatable bonds is 8. The molecule has 0 radical (unpaired) electrons. The molecule has 22 heavy (non-hydrogen) atoms. The lowest BCUT2D eigenvalue weighted by Crippen LogP contribution is -2.27. The highest BCUT2D eigenvalue weighted by atomic mass is 16.4. The largest absolute Gasteiger partial charge is 0.419 e. The van der Waals surface area contributed by atoms with E-state index < -0.39 is 0 Å². The lowest BCUT2D eigenvalue weighted by molar-refractivity contribution is 0.177. The summed E-state index contributed by atoms with van der Waals surface area (Å²) in [5.41, 5.74) is 1.39. The molecule has 1 N–H and O–H groups in total. The van der Waals surface area contributed by atoms with E-state index in [0.29, 0.717) is 30.4 Å². The minimum Gasteiger partial charge on any atom is -0.419 e. The fraction of sp³-hybridized carbons (Fsp3) is 0.438. The number of hydrogen-bond donors (Lipinski definition) is 1. The summed E-state index contributed by atoms with van der Waals surface area (Å²) in [5, 5.41) is 26.0. The molecule has 2 aromatic rings. The van der Waals surface area contributed by atoms with Crippen molar-refractivity contribution < 1.29 is 9.52 Å². The Labute approximate surface area is 130 Å². The molecule has 0 aliphatic rings. The highest BCUT2D eigenvalue weighted by molar-refractivity contribution is 5.54. The number of benzene rings is 1. The van der Waals surface area contributed by atoms with E-state index >= 15 is 0 Å². The molecule has 0 aliphatic heterocycles. The van der Waals surface area contributed by atoms with Crippen LogP contribution in [0.3, 0.4) is 0 Å². The standard InChI is InChI=1S/C16H20N4O2/c1-2-3-8-20(9-10-21)12-15-18-19-16(22-15)14-6-4-13(11-17)5-7-14/h4-7,21H,2-3,8-10,12H2,1H3. The summed E-state index contributed by atoms with van der Waals surface area (Å²) >= 11 is 0. The van der Waals surface area contributed by atoms with E-state index in [1.54, 1.807) is 24.3 Å². The van der Waals surface area contributed by atoms with Crippen molar-refractivity contribution in [1.29, 1.82) is 5.26 Å². The molecule has 0 saturated carbocycles. The van der Waals surface area contributed by atoms with Gasteiger partial charge < -0.3 is 9.52 Å². The van der Waals surface area contributed by atoms with Gasteiger partial charge in [-0.3, -0.25) is 4.90 Å². The molecule has 0 saturated heterocycles. The minimum atomic E-state index is 0.111. The third kappa shape index (κ3) is 4.38. The van der Waals surface area contributed by atoms with E-state index in [4.69, 9.17) is 14.8 Å². The van der Waals surface area contributed by atoms with Crippen LogP contribution in [0.5, 0.6) is 0 Å². The van der Waals surface area contributed by atoms with Crippen LogP contribution in [-0.4, -0.2) is 39.9 Å². The molecule has 0 atom stereocenters. The predicted octanol–water partition coefficient (Wildman–Crippen LogP) is 2.20. The van der Waals surface area contributed by atoms with Gasteiger partial charge in [0.1, 0.15) is 0 Å². The van der Waals surface area contributed by atoms with Crippen LogP contribution < -0.4 is 0 Å². The van der Waals surface area contributed by atoms with Crippen molar-refractivity contribution in [3.05, 3.63) is 35.7 Å². The highest BCUT2D eigenvalue weighted by Gasteiger charge is 2.12. The first kappa shape index (κ1) is 16.1. The monoisotopic (exact) mass is 300 g/mol. The third-order valence-corrected chi connectivity index (χ3v) is 3.33. The summed E-state index contributed by atoms with van der Waals surface area (Å²) in [7, 11) is 0. The summed E-state index contributed by atoms with van der Waals surface area (Å²) in [6, 6.07) is 9.10. The molecule has 0 fully saturated rings. The Morgan fingerprint density at radius 2 is 2.00 bits per heavy atom. The fourth-order valence-corrected chi connectivity index (χ4v) is 2.11. The number of nitrogens with zero attached hydrogens (tertiary/aromatic N) is 4. The predicted molar refractivity (Wildman–Crippen MR) is 81.7 cm³/mol. The zero-order valence-electron chi connectivity index (χ0n) is 12.7. The Balaban J connectivity index is 2.04. The van der Waals surface area contributed by atoms with Crippen molar-refractivity contribution in [3.8, 4) is 17.5 Å².